The largest absolute Gasteiger partial charge is 0.368 e. The Morgan fingerprint density at radius 1 is 0.882 bits per heavy atom. The van der Waals surface area contributed by atoms with Gasteiger partial charge in [-0.1, -0.05) is 30.3 Å². The zero-order valence-electron chi connectivity index (χ0n) is 9.60. The van der Waals surface area contributed by atoms with Crippen LogP contribution >= 0.6 is 22.9 Å². The molecule has 3 rings (SSSR count). The molecule has 1 heterocycles. The van der Waals surface area contributed by atoms with Crippen molar-refractivity contribution in [2.75, 3.05) is 15.1 Å². The molecule has 0 spiro atoms. The number of hydrogen-bond acceptors (Lipinski definition) is 2. The fourth-order valence-electron chi connectivity index (χ4n) is 2.26. The molecule has 2 aromatic rings. The standard InChI is InChI=1S/C14H13IN2/c1-16-10-11-6-2-3-7-12(11)17(15)14-9-5-4-8-13(14)16/h2-9H,10H2,1H3. The van der Waals surface area contributed by atoms with Gasteiger partial charge >= 0.3 is 0 Å². The molecule has 1 aliphatic rings. The van der Waals surface area contributed by atoms with E-state index in [1.54, 1.807) is 0 Å². The maximum absolute atomic E-state index is 2.38. The molecular formula is C14H13IN2. The quantitative estimate of drug-likeness (QED) is 0.527. The van der Waals surface area contributed by atoms with Crippen LogP contribution in [0.5, 0.6) is 0 Å². The maximum Gasteiger partial charge on any atom is 0.0744 e. The highest BCUT2D eigenvalue weighted by atomic mass is 127. The van der Waals surface area contributed by atoms with Crippen LogP contribution in [-0.4, -0.2) is 7.05 Å². The molecule has 0 unspecified atom stereocenters. The Morgan fingerprint density at radius 3 is 2.24 bits per heavy atom. The fraction of sp³-hybridized carbons (Fsp3) is 0.143. The van der Waals surface area contributed by atoms with Gasteiger partial charge in [0, 0.05) is 13.6 Å². The number of anilines is 3. The van der Waals surface area contributed by atoms with Crippen molar-refractivity contribution in [2.45, 2.75) is 6.54 Å². The Kier molecular flexibility index (Phi) is 2.70. The van der Waals surface area contributed by atoms with Crippen molar-refractivity contribution in [2.24, 2.45) is 0 Å². The number of benzene rings is 2. The van der Waals surface area contributed by atoms with Crippen molar-refractivity contribution in [1.29, 1.82) is 0 Å². The molecule has 1 aliphatic heterocycles. The van der Waals surface area contributed by atoms with Gasteiger partial charge in [-0.3, -0.25) is 3.11 Å². The van der Waals surface area contributed by atoms with Gasteiger partial charge in [-0.15, -0.1) is 0 Å². The lowest BCUT2D eigenvalue weighted by Gasteiger charge is -2.20. The van der Waals surface area contributed by atoms with E-state index in [9.17, 15) is 0 Å². The van der Waals surface area contributed by atoms with E-state index in [1.807, 2.05) is 0 Å². The second-order valence-corrected chi connectivity index (χ2v) is 5.22. The van der Waals surface area contributed by atoms with Crippen LogP contribution in [0.2, 0.25) is 0 Å². The number of para-hydroxylation sites is 3. The molecule has 0 amide bonds. The fourth-order valence-corrected chi connectivity index (χ4v) is 3.14. The smallest absolute Gasteiger partial charge is 0.0744 e. The van der Waals surface area contributed by atoms with Gasteiger partial charge in [0.25, 0.3) is 0 Å². The monoisotopic (exact) mass is 336 g/mol. The average molecular weight is 336 g/mol. The van der Waals surface area contributed by atoms with E-state index in [0.29, 0.717) is 0 Å². The molecule has 2 aromatic carbocycles. The summed E-state index contributed by atoms with van der Waals surface area (Å²) in [5.74, 6) is 0. The van der Waals surface area contributed by atoms with Gasteiger partial charge in [-0.2, -0.15) is 0 Å². The Hall–Kier alpha value is -1.23. The summed E-state index contributed by atoms with van der Waals surface area (Å²) in [7, 11) is 2.14. The van der Waals surface area contributed by atoms with E-state index >= 15 is 0 Å². The number of halogens is 1. The zero-order valence-corrected chi connectivity index (χ0v) is 11.8. The van der Waals surface area contributed by atoms with Gasteiger partial charge in [0.1, 0.15) is 0 Å². The van der Waals surface area contributed by atoms with Crippen molar-refractivity contribution in [3.63, 3.8) is 0 Å². The lowest BCUT2D eigenvalue weighted by Crippen LogP contribution is -2.15. The first-order valence-corrected chi connectivity index (χ1v) is 6.58. The van der Waals surface area contributed by atoms with Crippen LogP contribution in [0.1, 0.15) is 5.56 Å². The lowest BCUT2D eigenvalue weighted by atomic mass is 10.2. The van der Waals surface area contributed by atoms with E-state index < -0.39 is 0 Å². The summed E-state index contributed by atoms with van der Waals surface area (Å²) in [5.41, 5.74) is 5.17. The van der Waals surface area contributed by atoms with Gasteiger partial charge in [-0.25, -0.2) is 0 Å². The SMILES string of the molecule is CN1Cc2ccccc2N(I)c2ccccc21. The highest BCUT2D eigenvalue weighted by Crippen LogP contribution is 2.41. The second kappa shape index (κ2) is 4.22. The summed E-state index contributed by atoms with van der Waals surface area (Å²) < 4.78 is 2.24. The Morgan fingerprint density at radius 2 is 1.47 bits per heavy atom. The highest BCUT2D eigenvalue weighted by Gasteiger charge is 2.20. The molecule has 0 radical (unpaired) electrons. The minimum absolute atomic E-state index is 0.951. The minimum Gasteiger partial charge on any atom is -0.368 e. The Labute approximate surface area is 115 Å². The maximum atomic E-state index is 2.38. The molecule has 17 heavy (non-hydrogen) atoms. The van der Waals surface area contributed by atoms with Crippen molar-refractivity contribution >= 4 is 39.9 Å². The first kappa shape index (κ1) is 10.9. The first-order chi connectivity index (χ1) is 8.27. The van der Waals surface area contributed by atoms with Crippen LogP contribution < -0.4 is 8.01 Å². The predicted octanol–water partition coefficient (Wildman–Crippen LogP) is 4.12. The molecule has 0 aliphatic carbocycles. The number of nitrogens with zero attached hydrogens (tertiary/aromatic N) is 2. The molecule has 0 aromatic heterocycles. The summed E-state index contributed by atoms with van der Waals surface area (Å²) in [5, 5.41) is 0. The predicted molar refractivity (Wildman–Crippen MR) is 81.2 cm³/mol. The van der Waals surface area contributed by atoms with Crippen LogP contribution in [0.25, 0.3) is 0 Å². The van der Waals surface area contributed by atoms with Gasteiger partial charge in [0.05, 0.1) is 39.9 Å². The molecule has 0 saturated heterocycles. The van der Waals surface area contributed by atoms with Crippen molar-refractivity contribution in [3.8, 4) is 0 Å². The molecular weight excluding hydrogens is 323 g/mol. The van der Waals surface area contributed by atoms with E-state index in [2.05, 4.69) is 86.5 Å². The molecule has 0 atom stereocenters. The van der Waals surface area contributed by atoms with Crippen molar-refractivity contribution < 1.29 is 0 Å². The third-order valence-corrected chi connectivity index (χ3v) is 4.15. The van der Waals surface area contributed by atoms with E-state index in [0.717, 1.165) is 6.54 Å². The first-order valence-electron chi connectivity index (χ1n) is 5.61. The summed E-state index contributed by atoms with van der Waals surface area (Å²) in [6, 6.07) is 17.1. The van der Waals surface area contributed by atoms with Gasteiger partial charge in [0.2, 0.25) is 0 Å². The highest BCUT2D eigenvalue weighted by molar-refractivity contribution is 14.1. The van der Waals surface area contributed by atoms with Crippen LogP contribution in [0.15, 0.2) is 48.5 Å². The number of rotatable bonds is 0. The van der Waals surface area contributed by atoms with Gasteiger partial charge in [0.15, 0.2) is 0 Å². The molecule has 3 heteroatoms. The van der Waals surface area contributed by atoms with Crippen LogP contribution in [0.4, 0.5) is 17.1 Å². The topological polar surface area (TPSA) is 6.48 Å². The lowest BCUT2D eigenvalue weighted by molar-refractivity contribution is 0.935. The summed E-state index contributed by atoms with van der Waals surface area (Å²) in [6.45, 7) is 0.951. The number of hydrogen-bond donors (Lipinski definition) is 0. The Bertz CT molecular complexity index is 553. The second-order valence-electron chi connectivity index (χ2n) is 4.25. The molecule has 86 valence electrons. The zero-order chi connectivity index (χ0) is 11.8. The molecule has 0 saturated carbocycles. The number of fused-ring (bicyclic) bond motifs is 2. The third kappa shape index (κ3) is 1.78. The molecule has 0 fully saturated rings. The summed E-state index contributed by atoms with van der Waals surface area (Å²) in [4.78, 5) is 2.30. The third-order valence-electron chi connectivity index (χ3n) is 3.12. The van der Waals surface area contributed by atoms with E-state index in [1.165, 1.54) is 22.6 Å². The van der Waals surface area contributed by atoms with Crippen LogP contribution in [0, 0.1) is 0 Å². The molecule has 2 nitrogen and oxygen atoms in total. The van der Waals surface area contributed by atoms with Crippen molar-refractivity contribution in [3.05, 3.63) is 54.1 Å². The molecule has 0 N–H and O–H groups in total. The van der Waals surface area contributed by atoms with Gasteiger partial charge in [-0.05, 0) is 23.8 Å². The van der Waals surface area contributed by atoms with Crippen molar-refractivity contribution in [1.82, 2.24) is 0 Å². The minimum atomic E-state index is 0.951. The normalized spacial score (nSPS) is 14.0. The van der Waals surface area contributed by atoms with E-state index in [4.69, 9.17) is 0 Å². The average Bonchev–Trinajstić information content (AvgIpc) is 2.48. The van der Waals surface area contributed by atoms with Crippen LogP contribution in [-0.2, 0) is 6.54 Å². The van der Waals surface area contributed by atoms with Gasteiger partial charge < -0.3 is 4.90 Å². The summed E-state index contributed by atoms with van der Waals surface area (Å²) in [6.07, 6.45) is 0. The summed E-state index contributed by atoms with van der Waals surface area (Å²) >= 11 is 2.38. The van der Waals surface area contributed by atoms with E-state index in [-0.39, 0.29) is 0 Å². The molecule has 0 bridgehead atoms. The van der Waals surface area contributed by atoms with Crippen LogP contribution in [0.3, 0.4) is 0 Å². The Balaban J connectivity index is 2.22.